The molecular formula is C18H22N4OS. The molecule has 0 atom stereocenters. The van der Waals surface area contributed by atoms with E-state index in [0.717, 1.165) is 29.6 Å². The highest BCUT2D eigenvalue weighted by Gasteiger charge is 2.17. The molecule has 1 amide bonds. The van der Waals surface area contributed by atoms with Crippen LogP contribution in [0.4, 0.5) is 11.6 Å². The summed E-state index contributed by atoms with van der Waals surface area (Å²) in [4.78, 5) is 24.8. The van der Waals surface area contributed by atoms with Crippen molar-refractivity contribution in [3.05, 3.63) is 41.7 Å². The van der Waals surface area contributed by atoms with Crippen molar-refractivity contribution >= 4 is 29.3 Å². The molecule has 0 radical (unpaired) electrons. The van der Waals surface area contributed by atoms with E-state index in [1.54, 1.807) is 18.0 Å². The van der Waals surface area contributed by atoms with Gasteiger partial charge in [0.15, 0.2) is 0 Å². The number of benzene rings is 1. The van der Waals surface area contributed by atoms with Crippen LogP contribution in [0.25, 0.3) is 0 Å². The van der Waals surface area contributed by atoms with E-state index >= 15 is 0 Å². The van der Waals surface area contributed by atoms with Gasteiger partial charge in [0.25, 0.3) is 5.91 Å². The van der Waals surface area contributed by atoms with Crippen LogP contribution in [-0.2, 0) is 0 Å². The van der Waals surface area contributed by atoms with E-state index in [1.807, 2.05) is 37.4 Å². The highest BCUT2D eigenvalue weighted by atomic mass is 32.2. The number of thioether (sulfide) groups is 1. The molecule has 6 heteroatoms. The Morgan fingerprint density at radius 2 is 2.04 bits per heavy atom. The fourth-order valence-electron chi connectivity index (χ4n) is 2.82. The first kappa shape index (κ1) is 16.8. The highest BCUT2D eigenvalue weighted by molar-refractivity contribution is 7.98. The van der Waals surface area contributed by atoms with Gasteiger partial charge in [-0.1, -0.05) is 6.07 Å². The Balaban J connectivity index is 1.74. The molecule has 5 nitrogen and oxygen atoms in total. The number of hydrogen-bond acceptors (Lipinski definition) is 5. The third-order valence-electron chi connectivity index (χ3n) is 4.18. The second-order valence-electron chi connectivity index (χ2n) is 5.90. The fourth-order valence-corrected chi connectivity index (χ4v) is 3.28. The van der Waals surface area contributed by atoms with Crippen molar-refractivity contribution in [2.75, 3.05) is 29.6 Å². The zero-order valence-corrected chi connectivity index (χ0v) is 14.9. The normalized spacial score (nSPS) is 14.5. The first-order chi connectivity index (χ1) is 11.7. The molecule has 126 valence electrons. The second kappa shape index (κ2) is 7.66. The van der Waals surface area contributed by atoms with Crippen molar-refractivity contribution in [2.24, 2.45) is 0 Å². The van der Waals surface area contributed by atoms with Crippen LogP contribution >= 0.6 is 11.8 Å². The van der Waals surface area contributed by atoms with Gasteiger partial charge in [0.05, 0.1) is 11.3 Å². The summed E-state index contributed by atoms with van der Waals surface area (Å²) in [6.45, 7) is 3.85. The SMILES string of the molecule is CSc1cccc(NC(=O)c2cnc(N3CCCCC3)nc2C)c1. The van der Waals surface area contributed by atoms with E-state index in [1.165, 1.54) is 19.3 Å². The third-order valence-corrected chi connectivity index (χ3v) is 4.90. The molecule has 3 rings (SSSR count). The van der Waals surface area contributed by atoms with Gasteiger partial charge in [-0.05, 0) is 50.6 Å². The number of piperidine rings is 1. The molecule has 24 heavy (non-hydrogen) atoms. The van der Waals surface area contributed by atoms with Crippen LogP contribution in [0.15, 0.2) is 35.4 Å². The molecule has 0 bridgehead atoms. The van der Waals surface area contributed by atoms with Gasteiger partial charge in [0.2, 0.25) is 5.95 Å². The van der Waals surface area contributed by atoms with Gasteiger partial charge >= 0.3 is 0 Å². The second-order valence-corrected chi connectivity index (χ2v) is 6.78. The molecule has 1 saturated heterocycles. The van der Waals surface area contributed by atoms with Crippen LogP contribution in [0.5, 0.6) is 0 Å². The minimum absolute atomic E-state index is 0.170. The van der Waals surface area contributed by atoms with Crippen LogP contribution in [0, 0.1) is 6.92 Å². The van der Waals surface area contributed by atoms with Gasteiger partial charge in [-0.25, -0.2) is 9.97 Å². The molecule has 1 N–H and O–H groups in total. The van der Waals surface area contributed by atoms with Gasteiger partial charge in [0.1, 0.15) is 0 Å². The van der Waals surface area contributed by atoms with Crippen LogP contribution in [0.1, 0.15) is 35.3 Å². The number of nitrogens with zero attached hydrogens (tertiary/aromatic N) is 3. The summed E-state index contributed by atoms with van der Waals surface area (Å²) in [7, 11) is 0. The Kier molecular flexibility index (Phi) is 5.35. The quantitative estimate of drug-likeness (QED) is 0.858. The van der Waals surface area contributed by atoms with Crippen molar-refractivity contribution in [1.82, 2.24) is 9.97 Å². The average molecular weight is 342 g/mol. The zero-order valence-electron chi connectivity index (χ0n) is 14.1. The molecule has 0 spiro atoms. The summed E-state index contributed by atoms with van der Waals surface area (Å²) in [5, 5.41) is 2.93. The lowest BCUT2D eigenvalue weighted by molar-refractivity contribution is 0.102. The largest absolute Gasteiger partial charge is 0.341 e. The molecule has 1 fully saturated rings. The Morgan fingerprint density at radius 1 is 1.25 bits per heavy atom. The maximum atomic E-state index is 12.5. The number of rotatable bonds is 4. The predicted octanol–water partition coefficient (Wildman–Crippen LogP) is 3.75. The number of amides is 1. The first-order valence-corrected chi connectivity index (χ1v) is 9.44. The fraction of sp³-hybridized carbons (Fsp3) is 0.389. The minimum atomic E-state index is -0.170. The molecule has 0 unspecified atom stereocenters. The zero-order chi connectivity index (χ0) is 16.9. The average Bonchev–Trinajstić information content (AvgIpc) is 2.62. The summed E-state index contributed by atoms with van der Waals surface area (Å²) in [5.41, 5.74) is 2.01. The maximum Gasteiger partial charge on any atom is 0.259 e. The molecule has 0 saturated carbocycles. The van der Waals surface area contributed by atoms with Crippen LogP contribution in [0.3, 0.4) is 0 Å². The number of nitrogens with one attached hydrogen (secondary N) is 1. The summed E-state index contributed by atoms with van der Waals surface area (Å²) < 4.78 is 0. The first-order valence-electron chi connectivity index (χ1n) is 8.21. The number of anilines is 2. The standard InChI is InChI=1S/C18H22N4OS/c1-13-16(12-19-18(20-13)22-9-4-3-5-10-22)17(23)21-14-7-6-8-15(11-14)24-2/h6-8,11-12H,3-5,9-10H2,1-2H3,(H,21,23). The highest BCUT2D eigenvalue weighted by Crippen LogP contribution is 2.21. The molecule has 1 aromatic heterocycles. The Morgan fingerprint density at radius 3 is 2.75 bits per heavy atom. The van der Waals surface area contributed by atoms with Gasteiger partial charge in [-0.15, -0.1) is 11.8 Å². The molecule has 2 heterocycles. The summed E-state index contributed by atoms with van der Waals surface area (Å²) in [5.74, 6) is 0.559. The van der Waals surface area contributed by atoms with E-state index in [2.05, 4.69) is 20.2 Å². The van der Waals surface area contributed by atoms with E-state index in [0.29, 0.717) is 11.3 Å². The molecule has 1 aromatic carbocycles. The smallest absolute Gasteiger partial charge is 0.259 e. The van der Waals surface area contributed by atoms with Crippen molar-refractivity contribution in [3.8, 4) is 0 Å². The van der Waals surface area contributed by atoms with Crippen LogP contribution < -0.4 is 10.2 Å². The van der Waals surface area contributed by atoms with Gasteiger partial charge < -0.3 is 10.2 Å². The number of carbonyl (C=O) groups is 1. The number of carbonyl (C=O) groups excluding carboxylic acids is 1. The Hall–Kier alpha value is -2.08. The number of aromatic nitrogens is 2. The van der Waals surface area contributed by atoms with E-state index in [9.17, 15) is 4.79 Å². The Bertz CT molecular complexity index is 729. The van der Waals surface area contributed by atoms with E-state index in [-0.39, 0.29) is 5.91 Å². The summed E-state index contributed by atoms with van der Waals surface area (Å²) in [6, 6.07) is 7.79. The lowest BCUT2D eigenvalue weighted by Gasteiger charge is -2.26. The lowest BCUT2D eigenvalue weighted by Crippen LogP contribution is -2.31. The molecular weight excluding hydrogens is 320 g/mol. The van der Waals surface area contributed by atoms with Gasteiger partial charge in [0, 0.05) is 29.9 Å². The van der Waals surface area contributed by atoms with Crippen LogP contribution in [-0.4, -0.2) is 35.2 Å². The predicted molar refractivity (Wildman–Crippen MR) is 99.0 cm³/mol. The Labute approximate surface area is 146 Å². The van der Waals surface area contributed by atoms with Crippen molar-refractivity contribution in [3.63, 3.8) is 0 Å². The summed E-state index contributed by atoms with van der Waals surface area (Å²) in [6.07, 6.45) is 7.27. The van der Waals surface area contributed by atoms with Gasteiger partial charge in [-0.2, -0.15) is 0 Å². The molecule has 2 aromatic rings. The van der Waals surface area contributed by atoms with Crippen molar-refractivity contribution < 1.29 is 4.79 Å². The topological polar surface area (TPSA) is 58.1 Å². The maximum absolute atomic E-state index is 12.5. The van der Waals surface area contributed by atoms with Crippen LogP contribution in [0.2, 0.25) is 0 Å². The van der Waals surface area contributed by atoms with E-state index in [4.69, 9.17) is 0 Å². The lowest BCUT2D eigenvalue weighted by atomic mass is 10.1. The minimum Gasteiger partial charge on any atom is -0.341 e. The van der Waals surface area contributed by atoms with Gasteiger partial charge in [-0.3, -0.25) is 4.79 Å². The number of aryl methyl sites for hydroxylation is 1. The third kappa shape index (κ3) is 3.87. The van der Waals surface area contributed by atoms with Crippen molar-refractivity contribution in [1.29, 1.82) is 0 Å². The summed E-state index contributed by atoms with van der Waals surface area (Å²) >= 11 is 1.65. The van der Waals surface area contributed by atoms with Crippen molar-refractivity contribution in [2.45, 2.75) is 31.1 Å². The monoisotopic (exact) mass is 342 g/mol. The molecule has 1 aliphatic heterocycles. The molecule has 0 aliphatic carbocycles. The number of hydrogen-bond donors (Lipinski definition) is 1. The van der Waals surface area contributed by atoms with E-state index < -0.39 is 0 Å². The molecule has 1 aliphatic rings.